The number of benzene rings is 1. The second-order valence-electron chi connectivity index (χ2n) is 7.86. The second kappa shape index (κ2) is 8.26. The molecule has 8 heteroatoms. The van der Waals surface area contributed by atoms with Gasteiger partial charge in [0.1, 0.15) is 11.4 Å². The topological polar surface area (TPSA) is 73.0 Å². The average molecular weight is 390 g/mol. The van der Waals surface area contributed by atoms with Gasteiger partial charge < -0.3 is 15.1 Å². The predicted molar refractivity (Wildman–Crippen MR) is 102 cm³/mol. The molecule has 0 aromatic heterocycles. The third kappa shape index (κ3) is 4.49. The molecule has 3 rings (SSSR count). The molecule has 2 aliphatic rings. The Kier molecular flexibility index (Phi) is 5.98. The predicted octanol–water partition coefficient (Wildman–Crippen LogP) is 1.69. The summed E-state index contributed by atoms with van der Waals surface area (Å²) in [6.45, 7) is 7.30. The van der Waals surface area contributed by atoms with Crippen LogP contribution in [0, 0.1) is 5.82 Å². The first kappa shape index (κ1) is 20.3. The highest BCUT2D eigenvalue weighted by Crippen LogP contribution is 2.17. The van der Waals surface area contributed by atoms with Crippen molar-refractivity contribution in [1.29, 1.82) is 0 Å². The number of nitrogens with zero attached hydrogens (tertiary/aromatic N) is 3. The normalized spacial score (nSPS) is 20.2. The molecular weight excluding hydrogens is 363 g/mol. The van der Waals surface area contributed by atoms with Crippen LogP contribution in [0.3, 0.4) is 0 Å². The number of hydrogen-bond donors (Lipinski definition) is 1. The van der Waals surface area contributed by atoms with Crippen LogP contribution in [-0.4, -0.2) is 77.4 Å². The van der Waals surface area contributed by atoms with Crippen LogP contribution in [0.15, 0.2) is 24.3 Å². The van der Waals surface area contributed by atoms with Gasteiger partial charge in [0.15, 0.2) is 0 Å². The summed E-state index contributed by atoms with van der Waals surface area (Å²) < 4.78 is 13.4. The molecule has 1 aromatic rings. The highest BCUT2D eigenvalue weighted by atomic mass is 19.1. The molecule has 7 nitrogen and oxygen atoms in total. The Morgan fingerprint density at radius 1 is 1.14 bits per heavy atom. The van der Waals surface area contributed by atoms with Crippen molar-refractivity contribution in [2.45, 2.75) is 32.2 Å². The van der Waals surface area contributed by atoms with E-state index in [9.17, 15) is 18.8 Å². The van der Waals surface area contributed by atoms with Crippen LogP contribution < -0.4 is 5.32 Å². The largest absolute Gasteiger partial charge is 0.337 e. The highest BCUT2D eigenvalue weighted by molar-refractivity contribution is 6.06. The molecule has 1 N–H and O–H groups in total. The number of carbonyl (C=O) groups excluding carboxylic acids is 3. The number of rotatable bonds is 5. The third-order valence-corrected chi connectivity index (χ3v) is 5.25. The molecule has 0 atom stereocenters. The van der Waals surface area contributed by atoms with E-state index < -0.39 is 11.4 Å². The van der Waals surface area contributed by atoms with Crippen LogP contribution in [0.2, 0.25) is 0 Å². The van der Waals surface area contributed by atoms with Gasteiger partial charge in [-0.2, -0.15) is 0 Å². The first-order valence-corrected chi connectivity index (χ1v) is 9.69. The van der Waals surface area contributed by atoms with Crippen LogP contribution in [0.1, 0.15) is 37.0 Å². The van der Waals surface area contributed by atoms with Crippen molar-refractivity contribution in [2.75, 3.05) is 39.3 Å². The van der Waals surface area contributed by atoms with E-state index in [1.165, 1.54) is 17.0 Å². The first-order valence-electron chi connectivity index (χ1n) is 9.69. The molecule has 2 heterocycles. The molecule has 4 amide bonds. The van der Waals surface area contributed by atoms with Crippen molar-refractivity contribution in [3.8, 4) is 0 Å². The smallest absolute Gasteiger partial charge is 0.325 e. The maximum absolute atomic E-state index is 13.4. The molecule has 2 saturated heterocycles. The minimum absolute atomic E-state index is 0.150. The number of hydrogen-bond acceptors (Lipinski definition) is 4. The number of urea groups is 1. The lowest BCUT2D eigenvalue weighted by molar-refractivity contribution is -0.130. The highest BCUT2D eigenvalue weighted by Gasteiger charge is 2.43. The van der Waals surface area contributed by atoms with Crippen LogP contribution in [-0.2, 0) is 4.79 Å². The third-order valence-electron chi connectivity index (χ3n) is 5.25. The molecule has 28 heavy (non-hydrogen) atoms. The number of carbonyl (C=O) groups is 3. The summed E-state index contributed by atoms with van der Waals surface area (Å²) >= 11 is 0. The molecule has 0 bridgehead atoms. The van der Waals surface area contributed by atoms with E-state index >= 15 is 0 Å². The minimum atomic E-state index is -0.836. The van der Waals surface area contributed by atoms with Gasteiger partial charge in [-0.05, 0) is 58.0 Å². The minimum Gasteiger partial charge on any atom is -0.337 e. The van der Waals surface area contributed by atoms with Crippen molar-refractivity contribution in [3.63, 3.8) is 0 Å². The Morgan fingerprint density at radius 2 is 1.93 bits per heavy atom. The van der Waals surface area contributed by atoms with Crippen LogP contribution >= 0.6 is 0 Å². The van der Waals surface area contributed by atoms with E-state index in [1.807, 2.05) is 0 Å². The summed E-state index contributed by atoms with van der Waals surface area (Å²) in [5.41, 5.74) is -0.466. The van der Waals surface area contributed by atoms with Gasteiger partial charge in [-0.15, -0.1) is 0 Å². The van der Waals surface area contributed by atoms with Crippen LogP contribution in [0.4, 0.5) is 9.18 Å². The second-order valence-corrected chi connectivity index (χ2v) is 7.86. The Hall–Kier alpha value is -2.48. The Balaban J connectivity index is 1.47. The fourth-order valence-electron chi connectivity index (χ4n) is 3.68. The lowest BCUT2D eigenvalue weighted by Gasteiger charge is -2.23. The van der Waals surface area contributed by atoms with Crippen molar-refractivity contribution in [1.82, 2.24) is 20.0 Å². The quantitative estimate of drug-likeness (QED) is 0.777. The molecule has 2 aliphatic heterocycles. The zero-order valence-corrected chi connectivity index (χ0v) is 16.4. The van der Waals surface area contributed by atoms with Crippen molar-refractivity contribution >= 4 is 17.8 Å². The van der Waals surface area contributed by atoms with E-state index in [2.05, 4.69) is 10.2 Å². The molecular formula is C20H27FN4O3. The summed E-state index contributed by atoms with van der Waals surface area (Å²) in [6.07, 6.45) is 1.52. The summed E-state index contributed by atoms with van der Waals surface area (Å²) in [5, 5.41) is 2.68. The Labute approximate surface area is 164 Å². The van der Waals surface area contributed by atoms with Gasteiger partial charge in [0, 0.05) is 31.7 Å². The fourth-order valence-corrected chi connectivity index (χ4v) is 3.68. The lowest BCUT2D eigenvalue weighted by Crippen LogP contribution is -2.40. The van der Waals surface area contributed by atoms with Gasteiger partial charge in [0.05, 0.1) is 0 Å². The molecule has 0 saturated carbocycles. The molecule has 0 spiro atoms. The Bertz CT molecular complexity index is 768. The van der Waals surface area contributed by atoms with Gasteiger partial charge in [-0.25, -0.2) is 9.18 Å². The number of amides is 4. The van der Waals surface area contributed by atoms with E-state index in [4.69, 9.17) is 0 Å². The van der Waals surface area contributed by atoms with E-state index in [-0.39, 0.29) is 17.8 Å². The first-order chi connectivity index (χ1) is 13.3. The summed E-state index contributed by atoms with van der Waals surface area (Å²) in [5.74, 6) is -0.755. The van der Waals surface area contributed by atoms with Gasteiger partial charge >= 0.3 is 6.03 Å². The molecule has 0 aliphatic carbocycles. The summed E-state index contributed by atoms with van der Waals surface area (Å²) in [4.78, 5) is 42.0. The molecule has 1 aromatic carbocycles. The Morgan fingerprint density at radius 3 is 2.61 bits per heavy atom. The van der Waals surface area contributed by atoms with E-state index in [0.29, 0.717) is 38.2 Å². The van der Waals surface area contributed by atoms with E-state index in [1.54, 1.807) is 30.9 Å². The SMILES string of the molecule is CC1(C)NC(=O)N(CCCN2CCCN(C(=O)c3cccc(F)c3)CC2)C1=O. The molecule has 2 fully saturated rings. The van der Waals surface area contributed by atoms with Gasteiger partial charge in [0.25, 0.3) is 11.8 Å². The number of halogens is 1. The summed E-state index contributed by atoms with van der Waals surface area (Å²) in [7, 11) is 0. The zero-order valence-electron chi connectivity index (χ0n) is 16.4. The van der Waals surface area contributed by atoms with Crippen LogP contribution in [0.5, 0.6) is 0 Å². The standard InChI is InChI=1S/C20H27FN4O3/c1-20(2)18(27)25(19(28)22-20)11-5-9-23-8-4-10-24(13-12-23)17(26)15-6-3-7-16(21)14-15/h3,6-7,14H,4-5,8-13H2,1-2H3,(H,22,28). The maximum atomic E-state index is 13.4. The monoisotopic (exact) mass is 390 g/mol. The van der Waals surface area contributed by atoms with Crippen molar-refractivity contribution < 1.29 is 18.8 Å². The fraction of sp³-hybridized carbons (Fsp3) is 0.550. The van der Waals surface area contributed by atoms with Gasteiger partial charge in [-0.1, -0.05) is 6.07 Å². The maximum Gasteiger partial charge on any atom is 0.325 e. The molecule has 0 unspecified atom stereocenters. The number of imide groups is 1. The molecule has 152 valence electrons. The van der Waals surface area contributed by atoms with Crippen LogP contribution in [0.25, 0.3) is 0 Å². The van der Waals surface area contributed by atoms with Gasteiger partial charge in [0.2, 0.25) is 0 Å². The average Bonchev–Trinajstić information content (AvgIpc) is 2.82. The summed E-state index contributed by atoms with van der Waals surface area (Å²) in [6, 6.07) is 5.44. The zero-order chi connectivity index (χ0) is 20.3. The van der Waals surface area contributed by atoms with Crippen molar-refractivity contribution in [3.05, 3.63) is 35.6 Å². The van der Waals surface area contributed by atoms with Crippen molar-refractivity contribution in [2.24, 2.45) is 0 Å². The lowest BCUT2D eigenvalue weighted by atomic mass is 10.1. The van der Waals surface area contributed by atoms with E-state index in [0.717, 1.165) is 19.5 Å². The molecule has 0 radical (unpaired) electrons. The van der Waals surface area contributed by atoms with Gasteiger partial charge in [-0.3, -0.25) is 14.5 Å². The number of nitrogens with one attached hydrogen (secondary N) is 1.